The monoisotopic (exact) mass is 399 g/mol. The van der Waals surface area contributed by atoms with Crippen LogP contribution in [-0.4, -0.2) is 30.8 Å². The number of aliphatic hydroxyl groups excluding tert-OH is 1. The van der Waals surface area contributed by atoms with E-state index in [1.807, 2.05) is 12.1 Å². The zero-order chi connectivity index (χ0) is 12.0. The van der Waals surface area contributed by atoms with Crippen molar-refractivity contribution in [3.05, 3.63) is 26.2 Å². The van der Waals surface area contributed by atoms with Crippen LogP contribution in [0.4, 0.5) is 0 Å². The summed E-state index contributed by atoms with van der Waals surface area (Å²) in [6.07, 6.45) is 0. The van der Waals surface area contributed by atoms with Crippen LogP contribution in [0.5, 0.6) is 5.75 Å². The molecule has 0 aliphatic heterocycles. The van der Waals surface area contributed by atoms with Crippen molar-refractivity contribution in [1.29, 1.82) is 0 Å². The normalized spacial score (nSPS) is 9.94. The van der Waals surface area contributed by atoms with Crippen molar-refractivity contribution >= 4 is 44.4 Å². The van der Waals surface area contributed by atoms with Crippen LogP contribution in [0, 0.1) is 3.57 Å². The van der Waals surface area contributed by atoms with Gasteiger partial charge in [0.2, 0.25) is 0 Å². The van der Waals surface area contributed by atoms with Crippen LogP contribution in [0.1, 0.15) is 0 Å². The smallest absolute Gasteiger partial charge is 0.258 e. The van der Waals surface area contributed by atoms with E-state index < -0.39 is 0 Å². The van der Waals surface area contributed by atoms with Gasteiger partial charge in [0.05, 0.1) is 6.61 Å². The number of carbonyl (C=O) groups excluding carboxylic acids is 1. The van der Waals surface area contributed by atoms with E-state index in [1.54, 1.807) is 6.07 Å². The summed E-state index contributed by atoms with van der Waals surface area (Å²) >= 11 is 5.51. The number of halogens is 2. The highest BCUT2D eigenvalue weighted by molar-refractivity contribution is 14.1. The molecule has 4 nitrogen and oxygen atoms in total. The molecule has 6 heteroatoms. The summed E-state index contributed by atoms with van der Waals surface area (Å²) in [5, 5.41) is 11.0. The first-order valence-electron chi connectivity index (χ1n) is 4.58. The molecule has 16 heavy (non-hydrogen) atoms. The average Bonchev–Trinajstić information content (AvgIpc) is 2.22. The average molecular weight is 400 g/mol. The minimum absolute atomic E-state index is 0.0491. The van der Waals surface area contributed by atoms with Gasteiger partial charge in [-0.2, -0.15) is 0 Å². The molecule has 0 radical (unpaired) electrons. The Morgan fingerprint density at radius 2 is 2.25 bits per heavy atom. The number of carbonyl (C=O) groups is 1. The number of nitrogens with one attached hydrogen (secondary N) is 1. The maximum atomic E-state index is 11.2. The predicted octanol–water partition coefficient (Wildman–Crippen LogP) is 1.54. The number of ether oxygens (including phenoxy) is 1. The first-order valence-corrected chi connectivity index (χ1v) is 6.45. The molecule has 1 rings (SSSR count). The van der Waals surface area contributed by atoms with Gasteiger partial charge in [0.1, 0.15) is 5.75 Å². The second kappa shape index (κ2) is 7.08. The number of rotatable bonds is 5. The summed E-state index contributed by atoms with van der Waals surface area (Å²) in [4.78, 5) is 11.2. The molecule has 0 aliphatic rings. The Hall–Kier alpha value is -0.340. The molecule has 0 saturated carbocycles. The third-order valence-corrected chi connectivity index (χ3v) is 2.72. The molecular formula is C10H11BrINO3. The summed E-state index contributed by atoms with van der Waals surface area (Å²) in [5.74, 6) is 0.391. The SMILES string of the molecule is O=C(COc1cc(Br)cc(I)c1)NCCO. The van der Waals surface area contributed by atoms with Crippen molar-refractivity contribution in [2.24, 2.45) is 0 Å². The number of aliphatic hydroxyl groups is 1. The molecule has 0 heterocycles. The fourth-order valence-electron chi connectivity index (χ4n) is 1.01. The molecule has 1 amide bonds. The quantitative estimate of drug-likeness (QED) is 0.738. The molecule has 0 fully saturated rings. The standard InChI is InChI=1S/C10H11BrINO3/c11-7-3-8(12)5-9(4-7)16-6-10(15)13-1-2-14/h3-5,14H,1-2,6H2,(H,13,15). The van der Waals surface area contributed by atoms with Gasteiger partial charge in [0, 0.05) is 14.6 Å². The molecule has 0 atom stereocenters. The molecule has 88 valence electrons. The number of amides is 1. The highest BCUT2D eigenvalue weighted by atomic mass is 127. The summed E-state index contributed by atoms with van der Waals surface area (Å²) in [5.41, 5.74) is 0. The van der Waals surface area contributed by atoms with Crippen molar-refractivity contribution in [2.45, 2.75) is 0 Å². The predicted molar refractivity (Wildman–Crippen MR) is 72.4 cm³/mol. The Balaban J connectivity index is 2.45. The van der Waals surface area contributed by atoms with Crippen molar-refractivity contribution in [3.8, 4) is 5.75 Å². The fourth-order valence-corrected chi connectivity index (χ4v) is 2.55. The number of hydrogen-bond acceptors (Lipinski definition) is 3. The third-order valence-electron chi connectivity index (χ3n) is 1.64. The molecule has 0 aliphatic carbocycles. The van der Waals surface area contributed by atoms with E-state index in [0.29, 0.717) is 5.75 Å². The van der Waals surface area contributed by atoms with E-state index in [9.17, 15) is 4.79 Å². The van der Waals surface area contributed by atoms with Crippen LogP contribution < -0.4 is 10.1 Å². The summed E-state index contributed by atoms with van der Waals surface area (Å²) in [6, 6.07) is 5.57. The molecule has 0 bridgehead atoms. The summed E-state index contributed by atoms with van der Waals surface area (Å²) in [7, 11) is 0. The number of benzene rings is 1. The minimum atomic E-state index is -0.246. The molecular weight excluding hydrogens is 389 g/mol. The Kier molecular flexibility index (Phi) is 6.07. The molecule has 1 aromatic carbocycles. The van der Waals surface area contributed by atoms with E-state index in [0.717, 1.165) is 8.04 Å². The van der Waals surface area contributed by atoms with Gasteiger partial charge in [-0.15, -0.1) is 0 Å². The summed E-state index contributed by atoms with van der Waals surface area (Å²) in [6.45, 7) is 0.130. The van der Waals surface area contributed by atoms with Gasteiger partial charge in [-0.25, -0.2) is 0 Å². The fraction of sp³-hybridized carbons (Fsp3) is 0.300. The molecule has 0 saturated heterocycles. The lowest BCUT2D eigenvalue weighted by atomic mass is 10.3. The van der Waals surface area contributed by atoms with Crippen LogP contribution in [0.15, 0.2) is 22.7 Å². The van der Waals surface area contributed by atoms with Crippen molar-refractivity contribution in [2.75, 3.05) is 19.8 Å². The zero-order valence-electron chi connectivity index (χ0n) is 8.37. The van der Waals surface area contributed by atoms with E-state index >= 15 is 0 Å². The van der Waals surface area contributed by atoms with Crippen LogP contribution in [0.3, 0.4) is 0 Å². The van der Waals surface area contributed by atoms with Crippen LogP contribution in [0.25, 0.3) is 0 Å². The van der Waals surface area contributed by atoms with Crippen molar-refractivity contribution in [1.82, 2.24) is 5.32 Å². The molecule has 0 spiro atoms. The molecule has 0 unspecified atom stereocenters. The lowest BCUT2D eigenvalue weighted by molar-refractivity contribution is -0.123. The van der Waals surface area contributed by atoms with E-state index in [1.165, 1.54) is 0 Å². The third kappa shape index (κ3) is 5.13. The Morgan fingerprint density at radius 1 is 1.50 bits per heavy atom. The van der Waals surface area contributed by atoms with Crippen LogP contribution in [0.2, 0.25) is 0 Å². The first-order chi connectivity index (χ1) is 7.61. The zero-order valence-corrected chi connectivity index (χ0v) is 12.1. The Bertz CT molecular complexity index is 353. The van der Waals surface area contributed by atoms with Gasteiger partial charge < -0.3 is 15.2 Å². The topological polar surface area (TPSA) is 58.6 Å². The van der Waals surface area contributed by atoms with Gasteiger partial charge in [-0.05, 0) is 40.8 Å². The van der Waals surface area contributed by atoms with Gasteiger partial charge in [-0.1, -0.05) is 15.9 Å². The van der Waals surface area contributed by atoms with E-state index in [-0.39, 0.29) is 25.7 Å². The lowest BCUT2D eigenvalue weighted by Crippen LogP contribution is -2.31. The second-order valence-corrected chi connectivity index (χ2v) is 5.13. The maximum absolute atomic E-state index is 11.2. The van der Waals surface area contributed by atoms with Gasteiger partial charge in [0.25, 0.3) is 5.91 Å². The van der Waals surface area contributed by atoms with Crippen molar-refractivity contribution < 1.29 is 14.6 Å². The van der Waals surface area contributed by atoms with Gasteiger partial charge in [-0.3, -0.25) is 4.79 Å². The van der Waals surface area contributed by atoms with Crippen LogP contribution in [-0.2, 0) is 4.79 Å². The van der Waals surface area contributed by atoms with Crippen LogP contribution >= 0.6 is 38.5 Å². The highest BCUT2D eigenvalue weighted by Gasteiger charge is 2.03. The first kappa shape index (κ1) is 13.7. The van der Waals surface area contributed by atoms with Gasteiger partial charge in [0.15, 0.2) is 6.61 Å². The maximum Gasteiger partial charge on any atom is 0.258 e. The Morgan fingerprint density at radius 3 is 2.88 bits per heavy atom. The molecule has 2 N–H and O–H groups in total. The molecule has 0 aromatic heterocycles. The largest absolute Gasteiger partial charge is 0.484 e. The second-order valence-electron chi connectivity index (χ2n) is 2.97. The minimum Gasteiger partial charge on any atom is -0.484 e. The van der Waals surface area contributed by atoms with E-state index in [2.05, 4.69) is 43.8 Å². The van der Waals surface area contributed by atoms with E-state index in [4.69, 9.17) is 9.84 Å². The summed E-state index contributed by atoms with van der Waals surface area (Å²) < 4.78 is 7.23. The van der Waals surface area contributed by atoms with Gasteiger partial charge >= 0.3 is 0 Å². The molecule has 1 aromatic rings. The lowest BCUT2D eigenvalue weighted by Gasteiger charge is -2.07. The Labute approximate surface area is 116 Å². The highest BCUT2D eigenvalue weighted by Crippen LogP contribution is 2.22. The number of hydrogen-bond donors (Lipinski definition) is 2. The van der Waals surface area contributed by atoms with Crippen molar-refractivity contribution in [3.63, 3.8) is 0 Å².